The maximum absolute atomic E-state index is 13.3. The van der Waals surface area contributed by atoms with Crippen molar-refractivity contribution in [3.8, 4) is 0 Å². The van der Waals surface area contributed by atoms with Gasteiger partial charge in [0.25, 0.3) is 0 Å². The van der Waals surface area contributed by atoms with E-state index in [1.165, 1.54) is 0 Å². The number of hydrogen-bond donors (Lipinski definition) is 1. The largest absolute Gasteiger partial charge is 0.366 e. The number of rotatable bonds is 3. The smallest absolute Gasteiger partial charge is 0.188 e. The quantitative estimate of drug-likeness (QED) is 0.936. The van der Waals surface area contributed by atoms with E-state index in [0.717, 1.165) is 28.1 Å². The molecule has 0 bridgehead atoms. The van der Waals surface area contributed by atoms with Gasteiger partial charge >= 0.3 is 0 Å². The molecule has 1 N–H and O–H groups in total. The molecule has 0 saturated carbocycles. The number of hydrogen-bond acceptors (Lipinski definition) is 5. The first-order chi connectivity index (χ1) is 9.22. The van der Waals surface area contributed by atoms with Crippen LogP contribution in [-0.4, -0.2) is 29.2 Å². The Morgan fingerprint density at radius 2 is 2.37 bits per heavy atom. The van der Waals surface area contributed by atoms with Crippen molar-refractivity contribution in [2.24, 2.45) is 0 Å². The maximum atomic E-state index is 13.3. The number of anilines is 3. The lowest BCUT2D eigenvalue weighted by Gasteiger charge is -2.20. The SMILES string of the molecule is Cc1cnc(Nc2ncccc2N2CCC(F)C2)s1. The molecule has 1 saturated heterocycles. The summed E-state index contributed by atoms with van der Waals surface area (Å²) in [5, 5.41) is 4.03. The van der Waals surface area contributed by atoms with E-state index < -0.39 is 6.17 Å². The third-order valence-electron chi connectivity index (χ3n) is 3.10. The van der Waals surface area contributed by atoms with Gasteiger partial charge in [0.05, 0.1) is 5.69 Å². The van der Waals surface area contributed by atoms with Crippen molar-refractivity contribution in [3.05, 3.63) is 29.4 Å². The molecule has 2 aromatic heterocycles. The van der Waals surface area contributed by atoms with Crippen LogP contribution in [0.4, 0.5) is 21.0 Å². The molecule has 0 radical (unpaired) electrons. The molecule has 1 fully saturated rings. The first kappa shape index (κ1) is 12.3. The zero-order valence-corrected chi connectivity index (χ0v) is 11.5. The fourth-order valence-corrected chi connectivity index (χ4v) is 2.86. The highest BCUT2D eigenvalue weighted by Gasteiger charge is 2.24. The van der Waals surface area contributed by atoms with Crippen LogP contribution in [0.1, 0.15) is 11.3 Å². The molecule has 0 amide bonds. The van der Waals surface area contributed by atoms with Crippen molar-refractivity contribution >= 4 is 28.0 Å². The molecule has 0 aliphatic carbocycles. The summed E-state index contributed by atoms with van der Waals surface area (Å²) in [5.74, 6) is 0.742. The fourth-order valence-electron chi connectivity index (χ4n) is 2.20. The van der Waals surface area contributed by atoms with Crippen LogP contribution in [0, 0.1) is 6.92 Å². The van der Waals surface area contributed by atoms with Crippen molar-refractivity contribution in [1.82, 2.24) is 9.97 Å². The van der Waals surface area contributed by atoms with Gasteiger partial charge in [-0.2, -0.15) is 0 Å². The lowest BCUT2D eigenvalue weighted by molar-refractivity contribution is 0.364. The second kappa shape index (κ2) is 5.13. The molecule has 6 heteroatoms. The van der Waals surface area contributed by atoms with Crippen LogP contribution in [0.3, 0.4) is 0 Å². The van der Waals surface area contributed by atoms with Gasteiger partial charge in [0.1, 0.15) is 6.17 Å². The number of thiazole rings is 1. The molecule has 0 aromatic carbocycles. The van der Waals surface area contributed by atoms with E-state index in [2.05, 4.69) is 15.3 Å². The third-order valence-corrected chi connectivity index (χ3v) is 3.93. The molecule has 1 aliphatic heterocycles. The van der Waals surface area contributed by atoms with Gasteiger partial charge in [0, 0.05) is 30.4 Å². The van der Waals surface area contributed by atoms with Gasteiger partial charge in [0.2, 0.25) is 0 Å². The highest BCUT2D eigenvalue weighted by atomic mass is 32.1. The predicted octanol–water partition coefficient (Wildman–Crippen LogP) is 3.14. The zero-order valence-electron chi connectivity index (χ0n) is 10.6. The monoisotopic (exact) mass is 278 g/mol. The maximum Gasteiger partial charge on any atom is 0.188 e. The second-order valence-corrected chi connectivity index (χ2v) is 5.84. The van der Waals surface area contributed by atoms with E-state index in [1.807, 2.05) is 30.2 Å². The van der Waals surface area contributed by atoms with E-state index in [0.29, 0.717) is 13.0 Å². The van der Waals surface area contributed by atoms with Crippen LogP contribution < -0.4 is 10.2 Å². The summed E-state index contributed by atoms with van der Waals surface area (Å²) < 4.78 is 13.3. The summed E-state index contributed by atoms with van der Waals surface area (Å²) in [6, 6.07) is 3.84. The Bertz CT molecular complexity index is 571. The Hall–Kier alpha value is -1.69. The molecule has 1 unspecified atom stereocenters. The highest BCUT2D eigenvalue weighted by Crippen LogP contribution is 2.30. The van der Waals surface area contributed by atoms with Gasteiger partial charge in [-0.15, -0.1) is 11.3 Å². The Morgan fingerprint density at radius 1 is 1.47 bits per heavy atom. The lowest BCUT2D eigenvalue weighted by atomic mass is 10.3. The summed E-state index contributed by atoms with van der Waals surface area (Å²) in [4.78, 5) is 11.8. The van der Waals surface area contributed by atoms with Gasteiger partial charge in [-0.05, 0) is 25.5 Å². The normalized spacial score (nSPS) is 18.8. The van der Waals surface area contributed by atoms with Gasteiger partial charge in [-0.1, -0.05) is 0 Å². The number of nitrogens with one attached hydrogen (secondary N) is 1. The van der Waals surface area contributed by atoms with E-state index in [1.54, 1.807) is 17.5 Å². The van der Waals surface area contributed by atoms with Crippen molar-refractivity contribution in [2.75, 3.05) is 23.3 Å². The van der Waals surface area contributed by atoms with Crippen molar-refractivity contribution in [3.63, 3.8) is 0 Å². The molecule has 2 aromatic rings. The summed E-state index contributed by atoms with van der Waals surface area (Å²) >= 11 is 1.58. The van der Waals surface area contributed by atoms with E-state index in [9.17, 15) is 4.39 Å². The summed E-state index contributed by atoms with van der Waals surface area (Å²) in [6.45, 7) is 3.19. The number of alkyl halides is 1. The number of halogens is 1. The van der Waals surface area contributed by atoms with Crippen LogP contribution >= 0.6 is 11.3 Å². The van der Waals surface area contributed by atoms with Crippen LogP contribution in [0.15, 0.2) is 24.5 Å². The van der Waals surface area contributed by atoms with Gasteiger partial charge in [0.15, 0.2) is 10.9 Å². The molecule has 3 heterocycles. The standard InChI is InChI=1S/C13H15FN4S/c1-9-7-16-13(19-9)17-12-11(3-2-5-15-12)18-6-4-10(14)8-18/h2-3,5,7,10H,4,6,8H2,1H3,(H,15,16,17). The Kier molecular flexibility index (Phi) is 3.33. The third kappa shape index (κ3) is 2.68. The minimum absolute atomic E-state index is 0.442. The minimum Gasteiger partial charge on any atom is -0.366 e. The summed E-state index contributed by atoms with van der Waals surface area (Å²) in [7, 11) is 0. The summed E-state index contributed by atoms with van der Waals surface area (Å²) in [5.41, 5.74) is 0.940. The Morgan fingerprint density at radius 3 is 3.05 bits per heavy atom. The number of nitrogens with zero attached hydrogens (tertiary/aromatic N) is 3. The molecule has 3 rings (SSSR count). The lowest BCUT2D eigenvalue weighted by Crippen LogP contribution is -2.21. The number of pyridine rings is 1. The second-order valence-electron chi connectivity index (χ2n) is 4.60. The molecule has 4 nitrogen and oxygen atoms in total. The van der Waals surface area contributed by atoms with Gasteiger partial charge in [-0.3, -0.25) is 0 Å². The first-order valence-corrected chi connectivity index (χ1v) is 7.07. The Labute approximate surface area is 115 Å². The van der Waals surface area contributed by atoms with Crippen molar-refractivity contribution < 1.29 is 4.39 Å². The van der Waals surface area contributed by atoms with Crippen LogP contribution in [-0.2, 0) is 0 Å². The average molecular weight is 278 g/mol. The number of aryl methyl sites for hydroxylation is 1. The van der Waals surface area contributed by atoms with E-state index in [-0.39, 0.29) is 0 Å². The molecule has 19 heavy (non-hydrogen) atoms. The molecule has 1 atom stereocenters. The molecule has 1 aliphatic rings. The van der Waals surface area contributed by atoms with Crippen LogP contribution in [0.2, 0.25) is 0 Å². The molecular weight excluding hydrogens is 263 g/mol. The van der Waals surface area contributed by atoms with Crippen LogP contribution in [0.5, 0.6) is 0 Å². The zero-order chi connectivity index (χ0) is 13.2. The van der Waals surface area contributed by atoms with E-state index in [4.69, 9.17) is 0 Å². The first-order valence-electron chi connectivity index (χ1n) is 6.26. The topological polar surface area (TPSA) is 41.1 Å². The summed E-state index contributed by atoms with van der Waals surface area (Å²) in [6.07, 6.45) is 3.40. The van der Waals surface area contributed by atoms with E-state index >= 15 is 0 Å². The molecule has 0 spiro atoms. The van der Waals surface area contributed by atoms with Gasteiger partial charge < -0.3 is 10.2 Å². The van der Waals surface area contributed by atoms with Crippen molar-refractivity contribution in [2.45, 2.75) is 19.5 Å². The van der Waals surface area contributed by atoms with Gasteiger partial charge in [-0.25, -0.2) is 14.4 Å². The highest BCUT2D eigenvalue weighted by molar-refractivity contribution is 7.15. The predicted molar refractivity (Wildman–Crippen MR) is 76.1 cm³/mol. The van der Waals surface area contributed by atoms with Crippen molar-refractivity contribution in [1.29, 1.82) is 0 Å². The van der Waals surface area contributed by atoms with Crippen LogP contribution in [0.25, 0.3) is 0 Å². The average Bonchev–Trinajstić information content (AvgIpc) is 2.99. The molecule has 100 valence electrons. The fraction of sp³-hybridized carbons (Fsp3) is 0.385. The molecular formula is C13H15FN4S. The Balaban J connectivity index is 1.85. The number of aromatic nitrogens is 2. The minimum atomic E-state index is -0.741.